The van der Waals surface area contributed by atoms with E-state index in [0.29, 0.717) is 12.4 Å². The van der Waals surface area contributed by atoms with Crippen LogP contribution in [0.3, 0.4) is 0 Å². The van der Waals surface area contributed by atoms with E-state index >= 15 is 0 Å². The molecule has 0 aliphatic heterocycles. The summed E-state index contributed by atoms with van der Waals surface area (Å²) in [6, 6.07) is 12.0. The second-order valence-electron chi connectivity index (χ2n) is 7.35. The summed E-state index contributed by atoms with van der Waals surface area (Å²) in [6.07, 6.45) is 3.07. The van der Waals surface area contributed by atoms with Crippen LogP contribution >= 0.6 is 11.3 Å². The van der Waals surface area contributed by atoms with Gasteiger partial charge in [0.2, 0.25) is 0 Å². The second kappa shape index (κ2) is 8.02. The highest BCUT2D eigenvalue weighted by atomic mass is 32.1. The van der Waals surface area contributed by atoms with Crippen LogP contribution < -0.4 is 9.64 Å². The van der Waals surface area contributed by atoms with E-state index in [1.807, 2.05) is 51.1 Å². The van der Waals surface area contributed by atoms with Crippen molar-refractivity contribution >= 4 is 33.3 Å². The number of pyridine rings is 1. The molecule has 0 bridgehead atoms. The Morgan fingerprint density at radius 3 is 2.68 bits per heavy atom. The maximum atomic E-state index is 12.2. The summed E-state index contributed by atoms with van der Waals surface area (Å²) in [7, 11) is 1.65. The summed E-state index contributed by atoms with van der Waals surface area (Å²) in [5, 5.41) is 1.15. The molecule has 0 aliphatic rings. The Bertz CT molecular complexity index is 987. The van der Waals surface area contributed by atoms with Gasteiger partial charge in [0, 0.05) is 28.4 Å². The minimum atomic E-state index is -0.545. The van der Waals surface area contributed by atoms with Gasteiger partial charge in [-0.15, -0.1) is 11.3 Å². The van der Waals surface area contributed by atoms with E-state index in [2.05, 4.69) is 17.6 Å². The van der Waals surface area contributed by atoms with Gasteiger partial charge < -0.3 is 9.47 Å². The summed E-state index contributed by atoms with van der Waals surface area (Å²) >= 11 is 1.68. The molecule has 0 radical (unpaired) electrons. The van der Waals surface area contributed by atoms with Crippen molar-refractivity contribution in [1.29, 1.82) is 0 Å². The average molecular weight is 397 g/mol. The summed E-state index contributed by atoms with van der Waals surface area (Å²) in [5.41, 5.74) is 0.451. The van der Waals surface area contributed by atoms with Gasteiger partial charge in [0.05, 0.1) is 0 Å². The lowest BCUT2D eigenvalue weighted by molar-refractivity contribution is 0.0588. The Morgan fingerprint density at radius 2 is 2.04 bits per heavy atom. The van der Waals surface area contributed by atoms with E-state index in [9.17, 15) is 4.79 Å². The van der Waals surface area contributed by atoms with Crippen LogP contribution in [0.15, 0.2) is 55.3 Å². The van der Waals surface area contributed by atoms with E-state index in [0.717, 1.165) is 26.3 Å². The topological polar surface area (TPSA) is 51.7 Å². The number of thiophene rings is 1. The second-order valence-corrected chi connectivity index (χ2v) is 8.44. The van der Waals surface area contributed by atoms with Crippen LogP contribution in [0.1, 0.15) is 20.8 Å². The van der Waals surface area contributed by atoms with Crippen LogP contribution in [-0.2, 0) is 4.74 Å². The standard InChI is InChI=1S/C22H24N2O3S/c1-6-11-26-17-9-7-15-12-18(28-19(15)13-17)16-8-10-20(23-14-16)24(5)21(25)27-22(2,3)4/h6-10,12-14H,1,11H2,2-5H3. The van der Waals surface area contributed by atoms with Crippen molar-refractivity contribution in [3.05, 3.63) is 55.3 Å². The molecule has 2 aromatic heterocycles. The molecule has 146 valence electrons. The maximum Gasteiger partial charge on any atom is 0.415 e. The molecule has 6 heteroatoms. The molecule has 5 nitrogen and oxygen atoms in total. The minimum absolute atomic E-state index is 0.429. The molecule has 3 aromatic rings. The Labute approximate surface area is 169 Å². The van der Waals surface area contributed by atoms with E-state index in [1.54, 1.807) is 30.7 Å². The lowest BCUT2D eigenvalue weighted by Crippen LogP contribution is -2.34. The highest BCUT2D eigenvalue weighted by molar-refractivity contribution is 7.22. The van der Waals surface area contributed by atoms with Crippen LogP contribution in [0.4, 0.5) is 10.6 Å². The molecule has 1 amide bonds. The summed E-state index contributed by atoms with van der Waals surface area (Å²) in [5.74, 6) is 1.37. The number of aromatic nitrogens is 1. The lowest BCUT2D eigenvalue weighted by Gasteiger charge is -2.24. The largest absolute Gasteiger partial charge is 0.490 e. The smallest absolute Gasteiger partial charge is 0.415 e. The van der Waals surface area contributed by atoms with Crippen LogP contribution in [0.5, 0.6) is 5.75 Å². The number of anilines is 1. The third kappa shape index (κ3) is 4.70. The van der Waals surface area contributed by atoms with Crippen LogP contribution in [0, 0.1) is 0 Å². The van der Waals surface area contributed by atoms with Gasteiger partial charge in [0.25, 0.3) is 0 Å². The zero-order chi connectivity index (χ0) is 20.3. The molecule has 2 heterocycles. The predicted octanol–water partition coefficient (Wildman–Crippen LogP) is 5.90. The molecule has 3 rings (SSSR count). The number of carbonyl (C=O) groups is 1. The van der Waals surface area contributed by atoms with Gasteiger partial charge in [0.1, 0.15) is 23.8 Å². The van der Waals surface area contributed by atoms with Crippen molar-refractivity contribution < 1.29 is 14.3 Å². The molecule has 0 fully saturated rings. The Hall–Kier alpha value is -2.86. The SMILES string of the molecule is C=CCOc1ccc2cc(-c3ccc(N(C)C(=O)OC(C)(C)C)nc3)sc2c1. The first-order valence-electron chi connectivity index (χ1n) is 8.97. The third-order valence-corrected chi connectivity index (χ3v) is 5.05. The molecule has 1 aromatic carbocycles. The number of carbonyl (C=O) groups excluding carboxylic acids is 1. The van der Waals surface area contributed by atoms with Crippen molar-refractivity contribution in [3.63, 3.8) is 0 Å². The van der Waals surface area contributed by atoms with Crippen molar-refractivity contribution in [2.45, 2.75) is 26.4 Å². The number of nitrogens with zero attached hydrogens (tertiary/aromatic N) is 2. The Morgan fingerprint density at radius 1 is 1.25 bits per heavy atom. The quantitative estimate of drug-likeness (QED) is 0.504. The highest BCUT2D eigenvalue weighted by Gasteiger charge is 2.21. The molecular formula is C22H24N2O3S. The Balaban J connectivity index is 1.79. The molecular weight excluding hydrogens is 372 g/mol. The number of hydrogen-bond donors (Lipinski definition) is 0. The zero-order valence-corrected chi connectivity index (χ0v) is 17.4. The number of ether oxygens (including phenoxy) is 2. The van der Waals surface area contributed by atoms with Gasteiger partial charge >= 0.3 is 6.09 Å². The van der Waals surface area contributed by atoms with Gasteiger partial charge in [0.15, 0.2) is 0 Å². The van der Waals surface area contributed by atoms with Gasteiger partial charge in [-0.3, -0.25) is 4.90 Å². The first-order valence-corrected chi connectivity index (χ1v) is 9.79. The van der Waals surface area contributed by atoms with Crippen molar-refractivity contribution in [1.82, 2.24) is 4.98 Å². The molecule has 0 aliphatic carbocycles. The zero-order valence-electron chi connectivity index (χ0n) is 16.6. The van der Waals surface area contributed by atoms with Gasteiger partial charge in [-0.2, -0.15) is 0 Å². The fourth-order valence-electron chi connectivity index (χ4n) is 2.55. The van der Waals surface area contributed by atoms with E-state index in [4.69, 9.17) is 9.47 Å². The molecule has 0 spiro atoms. The first-order chi connectivity index (χ1) is 13.3. The normalized spacial score (nSPS) is 11.3. The molecule has 28 heavy (non-hydrogen) atoms. The summed E-state index contributed by atoms with van der Waals surface area (Å²) < 4.78 is 12.1. The van der Waals surface area contributed by atoms with Gasteiger partial charge in [-0.1, -0.05) is 12.7 Å². The number of amides is 1. The molecule has 0 saturated heterocycles. The van der Waals surface area contributed by atoms with Gasteiger partial charge in [-0.05, 0) is 62.6 Å². The van der Waals surface area contributed by atoms with Crippen LogP contribution in [0.25, 0.3) is 20.5 Å². The van der Waals surface area contributed by atoms with Crippen molar-refractivity contribution in [2.24, 2.45) is 0 Å². The molecule has 0 atom stereocenters. The number of rotatable bonds is 5. The number of fused-ring (bicyclic) bond motifs is 1. The van der Waals surface area contributed by atoms with Crippen molar-refractivity contribution in [2.75, 3.05) is 18.6 Å². The van der Waals surface area contributed by atoms with E-state index in [-0.39, 0.29) is 0 Å². The molecule has 0 saturated carbocycles. The minimum Gasteiger partial charge on any atom is -0.490 e. The molecule has 0 unspecified atom stereocenters. The maximum absolute atomic E-state index is 12.2. The van der Waals surface area contributed by atoms with Crippen LogP contribution in [0.2, 0.25) is 0 Å². The third-order valence-electron chi connectivity index (χ3n) is 3.90. The summed E-state index contributed by atoms with van der Waals surface area (Å²) in [6.45, 7) is 9.67. The molecule has 0 N–H and O–H groups in total. The van der Waals surface area contributed by atoms with Gasteiger partial charge in [-0.25, -0.2) is 9.78 Å². The number of benzene rings is 1. The lowest BCUT2D eigenvalue weighted by atomic mass is 10.2. The van der Waals surface area contributed by atoms with Crippen molar-refractivity contribution in [3.8, 4) is 16.2 Å². The predicted molar refractivity (Wildman–Crippen MR) is 115 cm³/mol. The fourth-order valence-corrected chi connectivity index (χ4v) is 3.63. The fraction of sp³-hybridized carbons (Fsp3) is 0.273. The first kappa shape index (κ1) is 19.9. The average Bonchev–Trinajstić information content (AvgIpc) is 3.08. The summed E-state index contributed by atoms with van der Waals surface area (Å²) in [4.78, 5) is 19.1. The van der Waals surface area contributed by atoms with E-state index < -0.39 is 11.7 Å². The van der Waals surface area contributed by atoms with E-state index in [1.165, 1.54) is 4.90 Å². The Kier molecular flexibility index (Phi) is 5.70. The number of hydrogen-bond acceptors (Lipinski definition) is 5. The van der Waals surface area contributed by atoms with Crippen LogP contribution in [-0.4, -0.2) is 30.3 Å². The monoisotopic (exact) mass is 396 g/mol. The highest BCUT2D eigenvalue weighted by Crippen LogP contribution is 2.35.